The topological polar surface area (TPSA) is 32.8 Å². The number of rotatable bonds is 0. The summed E-state index contributed by atoms with van der Waals surface area (Å²) in [5.41, 5.74) is 4.35. The van der Waals surface area contributed by atoms with E-state index in [9.17, 15) is 4.79 Å². The van der Waals surface area contributed by atoms with Crippen LogP contribution in [0.3, 0.4) is 0 Å². The van der Waals surface area contributed by atoms with Gasteiger partial charge in [-0.05, 0) is 36.9 Å². The van der Waals surface area contributed by atoms with Crippen LogP contribution in [0, 0.1) is 11.8 Å². The average molecular weight is 334 g/mol. The Labute approximate surface area is 147 Å². The number of hydrogen-bond acceptors (Lipinski definition) is 3. The summed E-state index contributed by atoms with van der Waals surface area (Å²) in [7, 11) is 0. The molecule has 128 valence electrons. The second-order valence-corrected chi connectivity index (χ2v) is 8.78. The maximum Gasteiger partial charge on any atom is 0.229 e. The van der Waals surface area contributed by atoms with Gasteiger partial charge < -0.3 is 9.64 Å². The molecular formula is C21H22N2O2. The van der Waals surface area contributed by atoms with Crippen LogP contribution in [0.5, 0.6) is 0 Å². The molecule has 5 aliphatic heterocycles. The molecule has 4 heteroatoms. The van der Waals surface area contributed by atoms with E-state index in [1.807, 2.05) is 0 Å². The molecule has 0 radical (unpaired) electrons. The van der Waals surface area contributed by atoms with Crippen molar-refractivity contribution in [2.45, 2.75) is 42.9 Å². The number of benzene rings is 1. The Balaban J connectivity index is 1.55. The van der Waals surface area contributed by atoms with Crippen molar-refractivity contribution >= 4 is 11.6 Å². The van der Waals surface area contributed by atoms with Gasteiger partial charge in [-0.15, -0.1) is 0 Å². The lowest BCUT2D eigenvalue weighted by molar-refractivity contribution is -0.132. The van der Waals surface area contributed by atoms with Gasteiger partial charge in [-0.2, -0.15) is 0 Å². The zero-order chi connectivity index (χ0) is 16.3. The van der Waals surface area contributed by atoms with E-state index < -0.39 is 0 Å². The number of amides is 1. The molecule has 4 fully saturated rings. The van der Waals surface area contributed by atoms with Crippen LogP contribution in [-0.2, 0) is 14.9 Å². The van der Waals surface area contributed by atoms with Crippen LogP contribution in [-0.4, -0.2) is 48.7 Å². The fourth-order valence-electron chi connectivity index (χ4n) is 7.51. The van der Waals surface area contributed by atoms with Gasteiger partial charge in [0.2, 0.25) is 5.91 Å². The van der Waals surface area contributed by atoms with Crippen molar-refractivity contribution in [3.63, 3.8) is 0 Å². The highest BCUT2D eigenvalue weighted by molar-refractivity contribution is 5.99. The van der Waals surface area contributed by atoms with Crippen molar-refractivity contribution in [3.05, 3.63) is 41.5 Å². The van der Waals surface area contributed by atoms with Gasteiger partial charge in [0.25, 0.3) is 0 Å². The van der Waals surface area contributed by atoms with Gasteiger partial charge in [0, 0.05) is 29.6 Å². The van der Waals surface area contributed by atoms with Crippen molar-refractivity contribution in [2.24, 2.45) is 11.8 Å². The minimum atomic E-state index is 0.104. The van der Waals surface area contributed by atoms with E-state index in [2.05, 4.69) is 40.1 Å². The molecule has 1 aromatic rings. The molecule has 1 saturated carbocycles. The highest BCUT2D eigenvalue weighted by Crippen LogP contribution is 2.65. The monoisotopic (exact) mass is 334 g/mol. The summed E-state index contributed by atoms with van der Waals surface area (Å²) in [6.45, 7) is 2.97. The normalized spacial score (nSPS) is 45.9. The number of para-hydroxylation sites is 1. The Bertz CT molecular complexity index is 848. The molecule has 1 aliphatic carbocycles. The van der Waals surface area contributed by atoms with Gasteiger partial charge in [0.1, 0.15) is 0 Å². The fraction of sp³-hybridized carbons (Fsp3) is 0.571. The zero-order valence-electron chi connectivity index (χ0n) is 14.2. The zero-order valence-corrected chi connectivity index (χ0v) is 14.2. The first-order valence-electron chi connectivity index (χ1n) is 9.75. The summed E-state index contributed by atoms with van der Waals surface area (Å²) in [5, 5.41) is 0. The molecule has 4 nitrogen and oxygen atoms in total. The maximum atomic E-state index is 13.2. The van der Waals surface area contributed by atoms with E-state index in [1.54, 1.807) is 5.57 Å². The molecule has 0 N–H and O–H groups in total. The average Bonchev–Trinajstić information content (AvgIpc) is 3.10. The highest BCUT2D eigenvalue weighted by atomic mass is 16.5. The van der Waals surface area contributed by atoms with Crippen LogP contribution >= 0.6 is 0 Å². The minimum Gasteiger partial charge on any atom is -0.373 e. The third kappa shape index (κ3) is 1.33. The smallest absolute Gasteiger partial charge is 0.229 e. The van der Waals surface area contributed by atoms with Crippen LogP contribution in [0.15, 0.2) is 35.9 Å². The molecule has 6 aliphatic rings. The SMILES string of the molecule is O=C1C[C@H]2OCC=C3CN4CC[C@@]56c7ccccc7N1[C@@H]5[C@H]2[C@@H]3C[C@H]46. The maximum absolute atomic E-state index is 13.2. The van der Waals surface area contributed by atoms with Crippen LogP contribution in [0.1, 0.15) is 24.8 Å². The van der Waals surface area contributed by atoms with Crippen LogP contribution < -0.4 is 4.90 Å². The Morgan fingerprint density at radius 1 is 1.24 bits per heavy atom. The van der Waals surface area contributed by atoms with Gasteiger partial charge in [-0.1, -0.05) is 29.8 Å². The summed E-state index contributed by atoms with van der Waals surface area (Å²) in [6, 6.07) is 9.64. The number of nitrogens with zero attached hydrogens (tertiary/aromatic N) is 2. The molecule has 1 amide bonds. The second kappa shape index (κ2) is 4.18. The number of piperidine rings is 2. The lowest BCUT2D eigenvalue weighted by atomic mass is 9.53. The van der Waals surface area contributed by atoms with Gasteiger partial charge in [0.05, 0.1) is 25.2 Å². The molecule has 6 atom stereocenters. The molecule has 1 aromatic carbocycles. The summed E-state index contributed by atoms with van der Waals surface area (Å²) in [5.74, 6) is 1.35. The van der Waals surface area contributed by atoms with Gasteiger partial charge in [-0.25, -0.2) is 0 Å². The van der Waals surface area contributed by atoms with E-state index in [0.717, 1.165) is 6.54 Å². The van der Waals surface area contributed by atoms with E-state index >= 15 is 0 Å². The molecule has 2 bridgehead atoms. The Hall–Kier alpha value is -1.65. The largest absolute Gasteiger partial charge is 0.373 e. The van der Waals surface area contributed by atoms with Gasteiger partial charge >= 0.3 is 0 Å². The first-order chi connectivity index (χ1) is 12.3. The van der Waals surface area contributed by atoms with Crippen molar-refractivity contribution in [2.75, 3.05) is 24.6 Å². The van der Waals surface area contributed by atoms with Gasteiger partial charge in [-0.3, -0.25) is 9.69 Å². The molecule has 0 aromatic heterocycles. The predicted octanol–water partition coefficient (Wildman–Crippen LogP) is 2.09. The molecule has 25 heavy (non-hydrogen) atoms. The van der Waals surface area contributed by atoms with Crippen molar-refractivity contribution < 1.29 is 9.53 Å². The van der Waals surface area contributed by atoms with Crippen molar-refractivity contribution in [1.82, 2.24) is 4.90 Å². The lowest BCUT2D eigenvalue weighted by Gasteiger charge is -2.58. The first kappa shape index (κ1) is 13.5. The predicted molar refractivity (Wildman–Crippen MR) is 93.4 cm³/mol. The lowest BCUT2D eigenvalue weighted by Crippen LogP contribution is -2.69. The van der Waals surface area contributed by atoms with Crippen molar-refractivity contribution in [3.8, 4) is 0 Å². The van der Waals surface area contributed by atoms with Crippen molar-refractivity contribution in [1.29, 1.82) is 0 Å². The first-order valence-corrected chi connectivity index (χ1v) is 9.75. The summed E-state index contributed by atoms with van der Waals surface area (Å²) < 4.78 is 6.25. The number of anilines is 1. The molecular weight excluding hydrogens is 312 g/mol. The summed E-state index contributed by atoms with van der Waals surface area (Å²) >= 11 is 0. The van der Waals surface area contributed by atoms with Crippen LogP contribution in [0.2, 0.25) is 0 Å². The Morgan fingerprint density at radius 2 is 2.16 bits per heavy atom. The summed E-state index contributed by atoms with van der Waals surface area (Å²) in [4.78, 5) is 18.1. The molecule has 1 spiro atoms. The summed E-state index contributed by atoms with van der Waals surface area (Å²) in [6.07, 6.45) is 5.43. The van der Waals surface area contributed by atoms with E-state index in [1.165, 1.54) is 30.6 Å². The second-order valence-electron chi connectivity index (χ2n) is 8.78. The van der Waals surface area contributed by atoms with E-state index in [-0.39, 0.29) is 17.4 Å². The quantitative estimate of drug-likeness (QED) is 0.681. The minimum absolute atomic E-state index is 0.104. The molecule has 3 saturated heterocycles. The highest BCUT2D eigenvalue weighted by Gasteiger charge is 2.70. The number of ether oxygens (including phenoxy) is 1. The molecule has 5 heterocycles. The number of fused-ring (bicyclic) bond motifs is 2. The molecule has 0 unspecified atom stereocenters. The third-order valence-electron chi connectivity index (χ3n) is 8.22. The number of hydrogen-bond donors (Lipinski definition) is 0. The van der Waals surface area contributed by atoms with Crippen LogP contribution in [0.4, 0.5) is 5.69 Å². The fourth-order valence-corrected chi connectivity index (χ4v) is 7.51. The number of carbonyl (C=O) groups excluding carboxylic acids is 1. The van der Waals surface area contributed by atoms with E-state index in [0.29, 0.717) is 36.9 Å². The van der Waals surface area contributed by atoms with E-state index in [4.69, 9.17) is 4.74 Å². The van der Waals surface area contributed by atoms with Crippen LogP contribution in [0.25, 0.3) is 0 Å². The molecule has 7 rings (SSSR count). The standard InChI is InChI=1S/C21H22N2O2/c24-18-10-16-19-13-9-17-21(6-7-22(17)11-12(13)5-8-25-16)14-3-1-2-4-15(14)23(18)20(19)21/h1-5,13,16-17,19-20H,6-11H2/t13-,16-,17+,19+,20-,21+/m1/s1. The Morgan fingerprint density at radius 3 is 3.12 bits per heavy atom. The Kier molecular flexibility index (Phi) is 2.27. The third-order valence-corrected chi connectivity index (χ3v) is 8.22. The number of carbonyl (C=O) groups is 1. The van der Waals surface area contributed by atoms with Gasteiger partial charge in [0.15, 0.2) is 0 Å².